The SMILES string of the molecule is COc1cc(C(=O)Nc2ccc(N)nc2)ccc1OCC(C)C.Cl. The number of nitrogens with two attached hydrogens (primary N) is 1. The van der Waals surface area contributed by atoms with Crippen LogP contribution in [0.15, 0.2) is 36.5 Å². The van der Waals surface area contributed by atoms with E-state index in [2.05, 4.69) is 24.1 Å². The number of pyridine rings is 1. The molecule has 1 heterocycles. The fourth-order valence-electron chi connectivity index (χ4n) is 1.87. The van der Waals surface area contributed by atoms with E-state index in [1.807, 2.05) is 0 Å². The molecule has 24 heavy (non-hydrogen) atoms. The molecule has 2 rings (SSSR count). The molecule has 0 radical (unpaired) electrons. The third-order valence-electron chi connectivity index (χ3n) is 3.04. The number of carbonyl (C=O) groups is 1. The Morgan fingerprint density at radius 3 is 2.58 bits per heavy atom. The number of rotatable bonds is 6. The molecule has 6 nitrogen and oxygen atoms in total. The molecule has 3 N–H and O–H groups in total. The number of amides is 1. The Morgan fingerprint density at radius 2 is 2.00 bits per heavy atom. The number of anilines is 2. The van der Waals surface area contributed by atoms with Gasteiger partial charge in [0, 0.05) is 5.56 Å². The average Bonchev–Trinajstić information content (AvgIpc) is 2.54. The first-order valence-corrected chi connectivity index (χ1v) is 7.33. The highest BCUT2D eigenvalue weighted by molar-refractivity contribution is 6.04. The Balaban J connectivity index is 0.00000288. The molecular weight excluding hydrogens is 330 g/mol. The van der Waals surface area contributed by atoms with Crippen molar-refractivity contribution in [1.29, 1.82) is 0 Å². The zero-order chi connectivity index (χ0) is 16.8. The van der Waals surface area contributed by atoms with Crippen LogP contribution in [0.5, 0.6) is 11.5 Å². The number of halogens is 1. The van der Waals surface area contributed by atoms with E-state index in [0.29, 0.717) is 41.1 Å². The summed E-state index contributed by atoms with van der Waals surface area (Å²) in [5, 5.41) is 2.75. The van der Waals surface area contributed by atoms with Gasteiger partial charge < -0.3 is 20.5 Å². The minimum Gasteiger partial charge on any atom is -0.493 e. The summed E-state index contributed by atoms with van der Waals surface area (Å²) in [5.74, 6) is 1.68. The summed E-state index contributed by atoms with van der Waals surface area (Å²) >= 11 is 0. The van der Waals surface area contributed by atoms with Gasteiger partial charge in [-0.2, -0.15) is 0 Å². The van der Waals surface area contributed by atoms with E-state index in [4.69, 9.17) is 15.2 Å². The number of hydrogen-bond donors (Lipinski definition) is 2. The third kappa shape index (κ3) is 5.31. The number of carbonyl (C=O) groups excluding carboxylic acids is 1. The third-order valence-corrected chi connectivity index (χ3v) is 3.04. The molecule has 0 fully saturated rings. The van der Waals surface area contributed by atoms with Gasteiger partial charge in [0.1, 0.15) is 5.82 Å². The zero-order valence-electron chi connectivity index (χ0n) is 13.9. The second kappa shape index (κ2) is 8.98. The number of aromatic nitrogens is 1. The van der Waals surface area contributed by atoms with Crippen LogP contribution >= 0.6 is 12.4 Å². The Morgan fingerprint density at radius 1 is 1.25 bits per heavy atom. The van der Waals surface area contributed by atoms with Crippen molar-refractivity contribution in [3.05, 3.63) is 42.1 Å². The van der Waals surface area contributed by atoms with Crippen LogP contribution in [0.3, 0.4) is 0 Å². The Bertz CT molecular complexity index is 675. The molecule has 0 atom stereocenters. The first kappa shape index (κ1) is 19.6. The lowest BCUT2D eigenvalue weighted by Crippen LogP contribution is -2.13. The van der Waals surface area contributed by atoms with Crippen molar-refractivity contribution in [2.45, 2.75) is 13.8 Å². The summed E-state index contributed by atoms with van der Waals surface area (Å²) in [6.07, 6.45) is 1.50. The second-order valence-corrected chi connectivity index (χ2v) is 5.50. The lowest BCUT2D eigenvalue weighted by Gasteiger charge is -2.13. The van der Waals surface area contributed by atoms with E-state index < -0.39 is 0 Å². The molecule has 2 aromatic rings. The number of nitrogen functional groups attached to an aromatic ring is 1. The van der Waals surface area contributed by atoms with Gasteiger partial charge in [0.05, 0.1) is 25.6 Å². The second-order valence-electron chi connectivity index (χ2n) is 5.50. The van der Waals surface area contributed by atoms with E-state index in [1.165, 1.54) is 6.20 Å². The van der Waals surface area contributed by atoms with Crippen LogP contribution in [0.1, 0.15) is 24.2 Å². The number of hydrogen-bond acceptors (Lipinski definition) is 5. The van der Waals surface area contributed by atoms with Gasteiger partial charge in [-0.05, 0) is 36.2 Å². The van der Waals surface area contributed by atoms with Crippen LogP contribution in [0, 0.1) is 5.92 Å². The van der Waals surface area contributed by atoms with Crippen molar-refractivity contribution in [2.75, 3.05) is 24.8 Å². The smallest absolute Gasteiger partial charge is 0.255 e. The van der Waals surface area contributed by atoms with E-state index in [1.54, 1.807) is 37.4 Å². The van der Waals surface area contributed by atoms with E-state index in [9.17, 15) is 4.79 Å². The molecule has 1 aromatic heterocycles. The van der Waals surface area contributed by atoms with Crippen molar-refractivity contribution >= 4 is 29.8 Å². The van der Waals surface area contributed by atoms with Crippen molar-refractivity contribution in [3.8, 4) is 11.5 Å². The fourth-order valence-corrected chi connectivity index (χ4v) is 1.87. The topological polar surface area (TPSA) is 86.5 Å². The minimum atomic E-state index is -0.259. The molecular formula is C17H22ClN3O3. The molecule has 1 aromatic carbocycles. The summed E-state index contributed by atoms with van der Waals surface area (Å²) in [5.41, 5.74) is 6.56. The van der Waals surface area contributed by atoms with Gasteiger partial charge in [0.25, 0.3) is 5.91 Å². The summed E-state index contributed by atoms with van der Waals surface area (Å²) in [4.78, 5) is 16.2. The molecule has 0 aliphatic carbocycles. The van der Waals surface area contributed by atoms with Crippen LogP contribution < -0.4 is 20.5 Å². The standard InChI is InChI=1S/C17H21N3O3.ClH/c1-11(2)10-23-14-6-4-12(8-15(14)22-3)17(21)20-13-5-7-16(18)19-9-13;/h4-9,11H,10H2,1-3H3,(H2,18,19)(H,20,21);1H. The van der Waals surface area contributed by atoms with Gasteiger partial charge >= 0.3 is 0 Å². The maximum atomic E-state index is 12.3. The molecule has 0 spiro atoms. The van der Waals surface area contributed by atoms with Gasteiger partial charge in [-0.15, -0.1) is 12.4 Å². The highest BCUT2D eigenvalue weighted by Gasteiger charge is 2.12. The maximum Gasteiger partial charge on any atom is 0.255 e. The monoisotopic (exact) mass is 351 g/mol. The van der Waals surface area contributed by atoms with Gasteiger partial charge in [-0.25, -0.2) is 4.98 Å². The van der Waals surface area contributed by atoms with E-state index in [-0.39, 0.29) is 18.3 Å². The lowest BCUT2D eigenvalue weighted by atomic mass is 10.2. The number of nitrogens with zero attached hydrogens (tertiary/aromatic N) is 1. The summed E-state index contributed by atoms with van der Waals surface area (Å²) in [6.45, 7) is 4.71. The predicted octanol–water partition coefficient (Wildman–Crippen LogP) is 3.38. The highest BCUT2D eigenvalue weighted by Crippen LogP contribution is 2.28. The van der Waals surface area contributed by atoms with Gasteiger partial charge in [-0.3, -0.25) is 4.79 Å². The first-order valence-electron chi connectivity index (χ1n) is 7.33. The van der Waals surface area contributed by atoms with Crippen molar-refractivity contribution in [3.63, 3.8) is 0 Å². The molecule has 0 saturated heterocycles. The Labute approximate surface area is 147 Å². The zero-order valence-corrected chi connectivity index (χ0v) is 14.7. The maximum absolute atomic E-state index is 12.3. The van der Waals surface area contributed by atoms with Crippen LogP contribution in [0.2, 0.25) is 0 Å². The molecule has 0 unspecified atom stereocenters. The largest absolute Gasteiger partial charge is 0.493 e. The summed E-state index contributed by atoms with van der Waals surface area (Å²) < 4.78 is 11.0. The van der Waals surface area contributed by atoms with Crippen molar-refractivity contribution in [1.82, 2.24) is 4.98 Å². The van der Waals surface area contributed by atoms with Crippen molar-refractivity contribution in [2.24, 2.45) is 5.92 Å². The lowest BCUT2D eigenvalue weighted by molar-refractivity contribution is 0.102. The van der Waals surface area contributed by atoms with E-state index >= 15 is 0 Å². The molecule has 130 valence electrons. The number of nitrogens with one attached hydrogen (secondary N) is 1. The quantitative estimate of drug-likeness (QED) is 0.833. The first-order chi connectivity index (χ1) is 11.0. The van der Waals surface area contributed by atoms with Crippen molar-refractivity contribution < 1.29 is 14.3 Å². The van der Waals surface area contributed by atoms with Crippen LogP contribution in [-0.4, -0.2) is 24.6 Å². The molecule has 0 aliphatic rings. The summed E-state index contributed by atoms with van der Waals surface area (Å²) in [6, 6.07) is 8.39. The minimum absolute atomic E-state index is 0. The molecule has 0 aliphatic heterocycles. The van der Waals surface area contributed by atoms with E-state index in [0.717, 1.165) is 0 Å². The molecule has 0 saturated carbocycles. The van der Waals surface area contributed by atoms with Gasteiger partial charge in [0.2, 0.25) is 0 Å². The van der Waals surface area contributed by atoms with Crippen LogP contribution in [0.4, 0.5) is 11.5 Å². The fraction of sp³-hybridized carbons (Fsp3) is 0.294. The molecule has 1 amide bonds. The number of methoxy groups -OCH3 is 1. The number of ether oxygens (including phenoxy) is 2. The predicted molar refractivity (Wildman–Crippen MR) is 97.2 cm³/mol. The van der Waals surface area contributed by atoms with Gasteiger partial charge in [0.15, 0.2) is 11.5 Å². The van der Waals surface area contributed by atoms with Gasteiger partial charge in [-0.1, -0.05) is 13.8 Å². The summed E-state index contributed by atoms with van der Waals surface area (Å²) in [7, 11) is 1.54. The molecule has 0 bridgehead atoms. The molecule has 7 heteroatoms. The highest BCUT2D eigenvalue weighted by atomic mass is 35.5. The average molecular weight is 352 g/mol. The van der Waals surface area contributed by atoms with Crippen LogP contribution in [-0.2, 0) is 0 Å². The normalized spacial score (nSPS) is 10.0. The van der Waals surface area contributed by atoms with Crippen LogP contribution in [0.25, 0.3) is 0 Å². The number of benzene rings is 1. The Hall–Kier alpha value is -2.47. The Kier molecular flexibility index (Phi) is 7.32.